The van der Waals surface area contributed by atoms with Crippen LogP contribution in [0.15, 0.2) is 17.0 Å². The van der Waals surface area contributed by atoms with Gasteiger partial charge in [-0.15, -0.1) is 0 Å². The molecule has 0 aliphatic heterocycles. The van der Waals surface area contributed by atoms with Gasteiger partial charge in [-0.1, -0.05) is 13.8 Å². The first-order valence-corrected chi connectivity index (χ1v) is 8.88. The lowest BCUT2D eigenvalue weighted by Gasteiger charge is -2.16. The Morgan fingerprint density at radius 2 is 1.96 bits per heavy atom. The van der Waals surface area contributed by atoms with Crippen molar-refractivity contribution >= 4 is 21.6 Å². The molecule has 1 aromatic rings. The molecule has 0 saturated carbocycles. The van der Waals surface area contributed by atoms with Gasteiger partial charge in [0.1, 0.15) is 23.1 Å². The summed E-state index contributed by atoms with van der Waals surface area (Å²) in [5.41, 5.74) is 0.332. The summed E-state index contributed by atoms with van der Waals surface area (Å²) in [7, 11) is -2.81. The molecule has 0 radical (unpaired) electrons. The molecule has 0 unspecified atom stereocenters. The van der Waals surface area contributed by atoms with Crippen molar-refractivity contribution in [2.45, 2.75) is 25.7 Å². The summed E-state index contributed by atoms with van der Waals surface area (Å²) in [6.07, 6.45) is 0. The third-order valence-electron chi connectivity index (χ3n) is 2.85. The molecule has 24 heavy (non-hydrogen) atoms. The topological polar surface area (TPSA) is 93.7 Å². The number of ether oxygens (including phenoxy) is 2. The van der Waals surface area contributed by atoms with Crippen LogP contribution < -0.4 is 14.8 Å². The second kappa shape index (κ2) is 8.84. The molecule has 0 saturated heterocycles. The van der Waals surface area contributed by atoms with E-state index in [9.17, 15) is 17.6 Å². The van der Waals surface area contributed by atoms with Gasteiger partial charge in [-0.05, 0) is 5.92 Å². The fourth-order valence-corrected chi connectivity index (χ4v) is 2.86. The molecule has 0 heterocycles. The lowest BCUT2D eigenvalue weighted by molar-refractivity contribution is -0.117. The van der Waals surface area contributed by atoms with Crippen LogP contribution >= 0.6 is 0 Å². The highest BCUT2D eigenvalue weighted by atomic mass is 32.2. The average Bonchev–Trinajstić information content (AvgIpc) is 2.45. The number of nitrogens with one attached hydrogen (secondary N) is 2. The fourth-order valence-electron chi connectivity index (χ4n) is 1.79. The SMILES string of the molecule is COCCOc1cc(S(=O)(=O)NC(C)=O)c(F)cc1NCC(C)C. The zero-order valence-electron chi connectivity index (χ0n) is 14.2. The van der Waals surface area contributed by atoms with Crippen molar-refractivity contribution in [2.75, 3.05) is 32.2 Å². The quantitative estimate of drug-likeness (QED) is 0.650. The van der Waals surface area contributed by atoms with Gasteiger partial charge in [0.25, 0.3) is 10.0 Å². The Labute approximate surface area is 141 Å². The molecule has 0 spiro atoms. The minimum absolute atomic E-state index is 0.165. The molecule has 1 rings (SSSR count). The summed E-state index contributed by atoms with van der Waals surface area (Å²) in [6.45, 7) is 5.99. The number of anilines is 1. The van der Waals surface area contributed by atoms with Gasteiger partial charge in [-0.25, -0.2) is 17.5 Å². The summed E-state index contributed by atoms with van der Waals surface area (Å²) < 4.78 is 50.4. The van der Waals surface area contributed by atoms with E-state index >= 15 is 0 Å². The van der Waals surface area contributed by atoms with Gasteiger partial charge < -0.3 is 14.8 Å². The lowest BCUT2D eigenvalue weighted by Crippen LogP contribution is -2.29. The van der Waals surface area contributed by atoms with Gasteiger partial charge in [0.2, 0.25) is 5.91 Å². The number of rotatable bonds is 9. The van der Waals surface area contributed by atoms with Crippen LogP contribution in [0.2, 0.25) is 0 Å². The van der Waals surface area contributed by atoms with Crippen LogP contribution in [-0.4, -0.2) is 41.2 Å². The third kappa shape index (κ3) is 5.97. The highest BCUT2D eigenvalue weighted by Crippen LogP contribution is 2.30. The van der Waals surface area contributed by atoms with Crippen molar-refractivity contribution in [1.82, 2.24) is 4.72 Å². The maximum Gasteiger partial charge on any atom is 0.267 e. The van der Waals surface area contributed by atoms with Crippen LogP contribution in [0.1, 0.15) is 20.8 Å². The standard InChI is InChI=1S/C15H23FN2O5S/c1-10(2)9-17-13-7-12(16)15(24(20,21)18-11(3)19)8-14(13)23-6-5-22-4/h7-8,10,17H,5-6,9H2,1-4H3,(H,18,19). The molecule has 7 nitrogen and oxygen atoms in total. The summed E-state index contributed by atoms with van der Waals surface area (Å²) in [6, 6.07) is 2.10. The second-order valence-electron chi connectivity index (χ2n) is 5.56. The van der Waals surface area contributed by atoms with Crippen molar-refractivity contribution in [1.29, 1.82) is 0 Å². The molecule has 0 aliphatic carbocycles. The Bertz CT molecular complexity index is 677. The molecule has 136 valence electrons. The first-order valence-electron chi connectivity index (χ1n) is 7.40. The number of halogens is 1. The number of carbonyl (C=O) groups excluding carboxylic acids is 1. The van der Waals surface area contributed by atoms with Crippen LogP contribution in [0, 0.1) is 11.7 Å². The Balaban J connectivity index is 3.22. The van der Waals surface area contributed by atoms with E-state index in [0.717, 1.165) is 19.1 Å². The van der Waals surface area contributed by atoms with Crippen LogP contribution in [0.5, 0.6) is 5.75 Å². The monoisotopic (exact) mass is 362 g/mol. The molecule has 9 heteroatoms. The molecule has 2 N–H and O–H groups in total. The molecule has 0 bridgehead atoms. The summed E-state index contributed by atoms with van der Waals surface area (Å²) in [5.74, 6) is -1.33. The van der Waals surface area contributed by atoms with Crippen LogP contribution in [0.25, 0.3) is 0 Å². The Morgan fingerprint density at radius 1 is 1.29 bits per heavy atom. The van der Waals surface area contributed by atoms with E-state index in [4.69, 9.17) is 9.47 Å². The number of sulfonamides is 1. The van der Waals surface area contributed by atoms with E-state index in [1.165, 1.54) is 7.11 Å². The van der Waals surface area contributed by atoms with Crippen LogP contribution in [0.4, 0.5) is 10.1 Å². The predicted molar refractivity (Wildman–Crippen MR) is 88.1 cm³/mol. The van der Waals surface area contributed by atoms with Crippen molar-refractivity contribution in [3.8, 4) is 5.75 Å². The van der Waals surface area contributed by atoms with E-state index in [0.29, 0.717) is 18.2 Å². The van der Waals surface area contributed by atoms with Crippen LogP contribution in [0.3, 0.4) is 0 Å². The van der Waals surface area contributed by atoms with Gasteiger partial charge in [0.15, 0.2) is 0 Å². The average molecular weight is 362 g/mol. The minimum Gasteiger partial charge on any atom is -0.489 e. The van der Waals surface area contributed by atoms with Crippen molar-refractivity contribution in [3.05, 3.63) is 17.9 Å². The predicted octanol–water partition coefficient (Wildman–Crippen LogP) is 1.74. The lowest BCUT2D eigenvalue weighted by atomic mass is 10.2. The molecule has 1 amide bonds. The number of methoxy groups -OCH3 is 1. The maximum atomic E-state index is 14.2. The van der Waals surface area contributed by atoms with E-state index in [-0.39, 0.29) is 19.0 Å². The zero-order valence-corrected chi connectivity index (χ0v) is 15.0. The molecule has 0 fully saturated rings. The highest BCUT2D eigenvalue weighted by molar-refractivity contribution is 7.90. The third-order valence-corrected chi connectivity index (χ3v) is 4.30. The van der Waals surface area contributed by atoms with Gasteiger partial charge in [0, 0.05) is 32.7 Å². The highest BCUT2D eigenvalue weighted by Gasteiger charge is 2.23. The van der Waals surface area contributed by atoms with Gasteiger partial charge in [-0.2, -0.15) is 0 Å². The van der Waals surface area contributed by atoms with E-state index in [1.54, 1.807) is 4.72 Å². The smallest absolute Gasteiger partial charge is 0.267 e. The Hall–Kier alpha value is -1.87. The molecule has 1 aromatic carbocycles. The fraction of sp³-hybridized carbons (Fsp3) is 0.533. The normalized spacial score (nSPS) is 11.4. The largest absolute Gasteiger partial charge is 0.489 e. The maximum absolute atomic E-state index is 14.2. The summed E-state index contributed by atoms with van der Waals surface area (Å²) >= 11 is 0. The number of hydrogen-bond acceptors (Lipinski definition) is 6. The second-order valence-corrected chi connectivity index (χ2v) is 7.21. The molecule has 0 atom stereocenters. The summed E-state index contributed by atoms with van der Waals surface area (Å²) in [4.78, 5) is 10.4. The zero-order chi connectivity index (χ0) is 18.3. The van der Waals surface area contributed by atoms with E-state index in [1.807, 2.05) is 13.8 Å². The van der Waals surface area contributed by atoms with Crippen molar-refractivity contribution in [3.63, 3.8) is 0 Å². The Morgan fingerprint density at radius 3 is 2.50 bits per heavy atom. The minimum atomic E-state index is -4.30. The van der Waals surface area contributed by atoms with Gasteiger partial charge in [-0.3, -0.25) is 4.79 Å². The molecule has 0 aromatic heterocycles. The molecule has 0 aliphatic rings. The van der Waals surface area contributed by atoms with Crippen molar-refractivity contribution < 1.29 is 27.1 Å². The molecular weight excluding hydrogens is 339 g/mol. The number of amides is 1. The van der Waals surface area contributed by atoms with E-state index < -0.39 is 26.6 Å². The van der Waals surface area contributed by atoms with Crippen LogP contribution in [-0.2, 0) is 19.6 Å². The van der Waals surface area contributed by atoms with Gasteiger partial charge in [0.05, 0.1) is 12.3 Å². The van der Waals surface area contributed by atoms with Gasteiger partial charge >= 0.3 is 0 Å². The first kappa shape index (κ1) is 20.2. The summed E-state index contributed by atoms with van der Waals surface area (Å²) in [5, 5.41) is 3.01. The van der Waals surface area contributed by atoms with E-state index in [2.05, 4.69) is 5.32 Å². The Kier molecular flexibility index (Phi) is 7.43. The number of carbonyl (C=O) groups is 1. The molecular formula is C15H23FN2O5S. The van der Waals surface area contributed by atoms with Crippen molar-refractivity contribution in [2.24, 2.45) is 5.92 Å². The first-order chi connectivity index (χ1) is 11.2. The number of hydrogen-bond donors (Lipinski definition) is 2. The number of benzene rings is 1.